The summed E-state index contributed by atoms with van der Waals surface area (Å²) in [6, 6.07) is 5.54. The summed E-state index contributed by atoms with van der Waals surface area (Å²) in [6.07, 6.45) is 1.83. The Bertz CT molecular complexity index is 360. The Morgan fingerprint density at radius 2 is 1.83 bits per heavy atom. The second kappa shape index (κ2) is 7.34. The molecule has 0 atom stereocenters. The van der Waals surface area contributed by atoms with Crippen LogP contribution in [0.2, 0.25) is 10.0 Å². The highest BCUT2D eigenvalue weighted by molar-refractivity contribution is 6.35. The minimum Gasteiger partial charge on any atom is -0.396 e. The number of hydrogen-bond donors (Lipinski definition) is 2. The minimum absolute atomic E-state index is 0.163. The van der Waals surface area contributed by atoms with E-state index in [0.717, 1.165) is 24.9 Å². The zero-order chi connectivity index (χ0) is 13.6. The lowest BCUT2D eigenvalue weighted by Crippen LogP contribution is -2.29. The van der Waals surface area contributed by atoms with E-state index in [1.165, 1.54) is 0 Å². The third kappa shape index (κ3) is 5.15. The standard InChI is InChI=1S/C14H21Cl2NO/c1-14(2,7-4-8-18)10-17-9-11-12(15)5-3-6-13(11)16/h3,5-6,17-18H,4,7-10H2,1-2H3. The van der Waals surface area contributed by atoms with Gasteiger partial charge in [-0.05, 0) is 30.4 Å². The second-order valence-corrected chi connectivity index (χ2v) is 6.11. The molecule has 0 aliphatic heterocycles. The van der Waals surface area contributed by atoms with Crippen LogP contribution in [0, 0.1) is 5.41 Å². The number of aliphatic hydroxyl groups excluding tert-OH is 1. The average Bonchev–Trinajstić information content (AvgIpc) is 2.30. The van der Waals surface area contributed by atoms with Crippen LogP contribution in [-0.2, 0) is 6.54 Å². The molecule has 4 heteroatoms. The van der Waals surface area contributed by atoms with Crippen molar-refractivity contribution >= 4 is 23.2 Å². The zero-order valence-corrected chi connectivity index (χ0v) is 12.5. The molecule has 0 radical (unpaired) electrons. The summed E-state index contributed by atoms with van der Waals surface area (Å²) in [5.41, 5.74) is 1.11. The fourth-order valence-electron chi connectivity index (χ4n) is 1.87. The molecule has 1 rings (SSSR count). The van der Waals surface area contributed by atoms with Crippen LogP contribution in [-0.4, -0.2) is 18.3 Å². The van der Waals surface area contributed by atoms with Crippen LogP contribution in [0.15, 0.2) is 18.2 Å². The maximum absolute atomic E-state index is 8.85. The molecule has 0 spiro atoms. The van der Waals surface area contributed by atoms with Gasteiger partial charge in [-0.15, -0.1) is 0 Å². The molecule has 0 heterocycles. The maximum Gasteiger partial charge on any atom is 0.0465 e. The Balaban J connectivity index is 2.46. The lowest BCUT2D eigenvalue weighted by atomic mass is 9.88. The van der Waals surface area contributed by atoms with E-state index in [1.807, 2.05) is 18.2 Å². The van der Waals surface area contributed by atoms with Gasteiger partial charge in [0.25, 0.3) is 0 Å². The Labute approximate surface area is 119 Å². The van der Waals surface area contributed by atoms with E-state index in [2.05, 4.69) is 19.2 Å². The van der Waals surface area contributed by atoms with Gasteiger partial charge in [-0.1, -0.05) is 43.1 Å². The van der Waals surface area contributed by atoms with Crippen molar-refractivity contribution in [3.8, 4) is 0 Å². The topological polar surface area (TPSA) is 32.3 Å². The van der Waals surface area contributed by atoms with E-state index < -0.39 is 0 Å². The van der Waals surface area contributed by atoms with Crippen molar-refractivity contribution in [2.24, 2.45) is 5.41 Å². The quantitative estimate of drug-likeness (QED) is 0.798. The highest BCUT2D eigenvalue weighted by Gasteiger charge is 2.17. The van der Waals surface area contributed by atoms with Gasteiger partial charge < -0.3 is 10.4 Å². The minimum atomic E-state index is 0.163. The van der Waals surface area contributed by atoms with Crippen molar-refractivity contribution in [2.45, 2.75) is 33.2 Å². The Hall–Kier alpha value is -0.280. The van der Waals surface area contributed by atoms with Crippen LogP contribution >= 0.6 is 23.2 Å². The summed E-state index contributed by atoms with van der Waals surface area (Å²) in [5.74, 6) is 0. The van der Waals surface area contributed by atoms with Gasteiger partial charge >= 0.3 is 0 Å². The third-order valence-corrected chi connectivity index (χ3v) is 3.69. The van der Waals surface area contributed by atoms with Crippen LogP contribution in [0.3, 0.4) is 0 Å². The van der Waals surface area contributed by atoms with Gasteiger partial charge in [0.1, 0.15) is 0 Å². The van der Waals surface area contributed by atoms with Crippen molar-refractivity contribution in [3.63, 3.8) is 0 Å². The Kier molecular flexibility index (Phi) is 6.44. The van der Waals surface area contributed by atoms with Crippen LogP contribution < -0.4 is 5.32 Å². The SMILES string of the molecule is CC(C)(CCCO)CNCc1c(Cl)cccc1Cl. The number of benzene rings is 1. The van der Waals surface area contributed by atoms with Gasteiger partial charge in [-0.2, -0.15) is 0 Å². The van der Waals surface area contributed by atoms with Gasteiger partial charge in [0, 0.05) is 35.3 Å². The largest absolute Gasteiger partial charge is 0.396 e. The summed E-state index contributed by atoms with van der Waals surface area (Å²) >= 11 is 12.2. The Morgan fingerprint density at radius 3 is 2.39 bits per heavy atom. The molecule has 0 bridgehead atoms. The average molecular weight is 290 g/mol. The normalized spacial score (nSPS) is 11.8. The van der Waals surface area contributed by atoms with Crippen molar-refractivity contribution in [2.75, 3.05) is 13.2 Å². The first-order valence-electron chi connectivity index (χ1n) is 6.21. The first-order chi connectivity index (χ1) is 8.46. The van der Waals surface area contributed by atoms with Gasteiger partial charge in [-0.25, -0.2) is 0 Å². The molecule has 0 saturated carbocycles. The van der Waals surface area contributed by atoms with E-state index in [4.69, 9.17) is 28.3 Å². The molecule has 0 aromatic heterocycles. The lowest BCUT2D eigenvalue weighted by Gasteiger charge is -2.25. The van der Waals surface area contributed by atoms with E-state index in [0.29, 0.717) is 16.6 Å². The summed E-state index contributed by atoms with van der Waals surface area (Å²) < 4.78 is 0. The molecule has 0 aliphatic rings. The Morgan fingerprint density at radius 1 is 1.22 bits per heavy atom. The summed E-state index contributed by atoms with van der Waals surface area (Å²) in [7, 11) is 0. The van der Waals surface area contributed by atoms with Crippen LogP contribution in [0.25, 0.3) is 0 Å². The van der Waals surface area contributed by atoms with Gasteiger partial charge in [0.2, 0.25) is 0 Å². The van der Waals surface area contributed by atoms with Crippen molar-refractivity contribution in [1.82, 2.24) is 5.32 Å². The fourth-order valence-corrected chi connectivity index (χ4v) is 2.40. The molecular weight excluding hydrogens is 269 g/mol. The van der Waals surface area contributed by atoms with Crippen molar-refractivity contribution in [1.29, 1.82) is 0 Å². The molecule has 1 aromatic rings. The second-order valence-electron chi connectivity index (χ2n) is 5.30. The highest BCUT2D eigenvalue weighted by Crippen LogP contribution is 2.25. The monoisotopic (exact) mass is 289 g/mol. The predicted octanol–water partition coefficient (Wildman–Crippen LogP) is 3.88. The predicted molar refractivity (Wildman–Crippen MR) is 78.3 cm³/mol. The first-order valence-corrected chi connectivity index (χ1v) is 6.96. The van der Waals surface area contributed by atoms with Crippen molar-refractivity contribution in [3.05, 3.63) is 33.8 Å². The third-order valence-electron chi connectivity index (χ3n) is 2.98. The van der Waals surface area contributed by atoms with Crippen LogP contribution in [0.4, 0.5) is 0 Å². The summed E-state index contributed by atoms with van der Waals surface area (Å²) in [5, 5.41) is 13.6. The first kappa shape index (κ1) is 15.8. The highest BCUT2D eigenvalue weighted by atomic mass is 35.5. The molecule has 1 aromatic carbocycles. The van der Waals surface area contributed by atoms with E-state index in [1.54, 1.807) is 0 Å². The van der Waals surface area contributed by atoms with Crippen LogP contribution in [0.1, 0.15) is 32.3 Å². The molecule has 0 aliphatic carbocycles. The number of hydrogen-bond acceptors (Lipinski definition) is 2. The van der Waals surface area contributed by atoms with Gasteiger partial charge in [-0.3, -0.25) is 0 Å². The lowest BCUT2D eigenvalue weighted by molar-refractivity contribution is 0.236. The summed E-state index contributed by atoms with van der Waals surface area (Å²) in [4.78, 5) is 0. The molecule has 18 heavy (non-hydrogen) atoms. The molecule has 0 fully saturated rings. The van der Waals surface area contributed by atoms with E-state index in [9.17, 15) is 0 Å². The molecule has 2 N–H and O–H groups in total. The maximum atomic E-state index is 8.85. The fraction of sp³-hybridized carbons (Fsp3) is 0.571. The number of halogens is 2. The summed E-state index contributed by atoms with van der Waals surface area (Å²) in [6.45, 7) is 6.16. The van der Waals surface area contributed by atoms with Gasteiger partial charge in [0.15, 0.2) is 0 Å². The number of nitrogens with one attached hydrogen (secondary N) is 1. The van der Waals surface area contributed by atoms with Gasteiger partial charge in [0.05, 0.1) is 0 Å². The number of aliphatic hydroxyl groups is 1. The molecule has 102 valence electrons. The zero-order valence-electron chi connectivity index (χ0n) is 11.0. The van der Waals surface area contributed by atoms with Crippen molar-refractivity contribution < 1.29 is 5.11 Å². The van der Waals surface area contributed by atoms with E-state index in [-0.39, 0.29) is 12.0 Å². The molecule has 0 unspecified atom stereocenters. The molecule has 0 saturated heterocycles. The van der Waals surface area contributed by atoms with E-state index >= 15 is 0 Å². The molecule has 2 nitrogen and oxygen atoms in total. The molecule has 0 amide bonds. The molecular formula is C14H21Cl2NO. The smallest absolute Gasteiger partial charge is 0.0465 e. The number of rotatable bonds is 7. The van der Waals surface area contributed by atoms with Crippen LogP contribution in [0.5, 0.6) is 0 Å².